The standard InChI is InChI=1S/C33H57O6PS/c1-5-8-10-12-13-14-15-17-22-27-41-31(25-21-16-11-9-6-2)29(4)38-39-33(40-35,37-26-7-3)32(34)36-28-30-23-19-18-20-24-30/h18-20,23-24,29,31H,5-17,21-22,25-28H2,1-4H3. The molecule has 1 rings (SSSR count). The molecule has 8 heteroatoms. The van der Waals surface area contributed by atoms with Gasteiger partial charge < -0.3 is 9.47 Å². The molecule has 3 unspecified atom stereocenters. The van der Waals surface area contributed by atoms with Gasteiger partial charge >= 0.3 is 11.5 Å². The van der Waals surface area contributed by atoms with Crippen molar-refractivity contribution in [3.63, 3.8) is 0 Å². The largest absolute Gasteiger partial charge is 0.456 e. The van der Waals surface area contributed by atoms with Gasteiger partial charge in [0.05, 0.1) is 6.61 Å². The van der Waals surface area contributed by atoms with Crippen LogP contribution in [0, 0.1) is 0 Å². The first-order valence-corrected chi connectivity index (χ1v) is 18.0. The van der Waals surface area contributed by atoms with Gasteiger partial charge in [-0.05, 0) is 37.5 Å². The van der Waals surface area contributed by atoms with Crippen LogP contribution in [0.1, 0.15) is 136 Å². The van der Waals surface area contributed by atoms with Gasteiger partial charge in [0.1, 0.15) is 12.7 Å². The van der Waals surface area contributed by atoms with Crippen molar-refractivity contribution < 1.29 is 28.6 Å². The fourth-order valence-electron chi connectivity index (χ4n) is 4.50. The maximum Gasteiger partial charge on any atom is 0.383 e. The fraction of sp³-hybridized carbons (Fsp3) is 0.788. The van der Waals surface area contributed by atoms with Crippen molar-refractivity contribution in [2.75, 3.05) is 12.4 Å². The molecule has 0 fully saturated rings. The Morgan fingerprint density at radius 1 is 0.829 bits per heavy atom. The first-order valence-electron chi connectivity index (χ1n) is 16.2. The molecule has 1 aromatic rings. The van der Waals surface area contributed by atoms with Crippen LogP contribution in [0.15, 0.2) is 30.3 Å². The Morgan fingerprint density at radius 2 is 1.41 bits per heavy atom. The summed E-state index contributed by atoms with van der Waals surface area (Å²) in [6, 6.07) is 9.33. The lowest BCUT2D eigenvalue weighted by atomic mass is 10.1. The minimum absolute atomic E-state index is 0.0281. The zero-order valence-electron chi connectivity index (χ0n) is 26.3. The summed E-state index contributed by atoms with van der Waals surface area (Å²) in [6.07, 6.45) is 19.2. The summed E-state index contributed by atoms with van der Waals surface area (Å²) in [5.41, 5.74) is -1.33. The van der Waals surface area contributed by atoms with E-state index < -0.39 is 20.0 Å². The number of carbonyl (C=O) groups is 1. The van der Waals surface area contributed by atoms with E-state index in [1.807, 2.05) is 55.9 Å². The molecule has 0 heterocycles. The van der Waals surface area contributed by atoms with E-state index in [0.29, 0.717) is 6.42 Å². The Balaban J connectivity index is 2.66. The van der Waals surface area contributed by atoms with E-state index in [4.69, 9.17) is 19.2 Å². The number of thioether (sulfide) groups is 1. The van der Waals surface area contributed by atoms with Crippen LogP contribution in [0.2, 0.25) is 0 Å². The van der Waals surface area contributed by atoms with Crippen LogP contribution in [0.3, 0.4) is 0 Å². The molecule has 236 valence electrons. The molecule has 0 aromatic heterocycles. The summed E-state index contributed by atoms with van der Waals surface area (Å²) in [6.45, 7) is 8.56. The molecule has 6 nitrogen and oxygen atoms in total. The quantitative estimate of drug-likeness (QED) is 0.0233. The molecule has 0 amide bonds. The van der Waals surface area contributed by atoms with E-state index in [1.54, 1.807) is 0 Å². The summed E-state index contributed by atoms with van der Waals surface area (Å²) in [5, 5.41) is 0.207. The van der Waals surface area contributed by atoms with Crippen molar-refractivity contribution in [1.29, 1.82) is 0 Å². The highest BCUT2D eigenvalue weighted by molar-refractivity contribution is 7.99. The summed E-state index contributed by atoms with van der Waals surface area (Å²) < 4.78 is 23.4. The first kappa shape index (κ1) is 38.0. The van der Waals surface area contributed by atoms with Crippen molar-refractivity contribution in [2.45, 2.75) is 154 Å². The van der Waals surface area contributed by atoms with E-state index in [2.05, 4.69) is 13.8 Å². The van der Waals surface area contributed by atoms with E-state index in [0.717, 1.165) is 24.2 Å². The van der Waals surface area contributed by atoms with Gasteiger partial charge in [-0.1, -0.05) is 135 Å². The second-order valence-corrected chi connectivity index (χ2v) is 13.0. The fourth-order valence-corrected chi connectivity index (χ4v) is 6.18. The third-order valence-electron chi connectivity index (χ3n) is 7.10. The lowest BCUT2D eigenvalue weighted by Gasteiger charge is -2.28. The normalized spacial score (nSPS) is 14.5. The monoisotopic (exact) mass is 612 g/mol. The van der Waals surface area contributed by atoms with Gasteiger partial charge in [0, 0.05) is 5.25 Å². The number of ether oxygens (including phenoxy) is 2. The minimum atomic E-state index is -2.15. The lowest BCUT2D eigenvalue weighted by Crippen LogP contribution is -2.42. The second-order valence-electron chi connectivity index (χ2n) is 10.9. The van der Waals surface area contributed by atoms with Crippen molar-refractivity contribution in [3.05, 3.63) is 35.9 Å². The van der Waals surface area contributed by atoms with Crippen LogP contribution in [0.4, 0.5) is 0 Å². The molecule has 0 spiro atoms. The summed E-state index contributed by atoms with van der Waals surface area (Å²) in [5.74, 6) is 0.205. The molecule has 41 heavy (non-hydrogen) atoms. The van der Waals surface area contributed by atoms with Crippen LogP contribution in [-0.4, -0.2) is 35.2 Å². The van der Waals surface area contributed by atoms with Crippen molar-refractivity contribution in [1.82, 2.24) is 0 Å². The molecule has 0 aliphatic rings. The van der Waals surface area contributed by atoms with Crippen LogP contribution >= 0.6 is 20.2 Å². The van der Waals surface area contributed by atoms with Gasteiger partial charge in [-0.15, -0.1) is 0 Å². The van der Waals surface area contributed by atoms with E-state index >= 15 is 0 Å². The zero-order chi connectivity index (χ0) is 30.0. The molecule has 0 saturated carbocycles. The van der Waals surface area contributed by atoms with Crippen molar-refractivity contribution >= 4 is 26.2 Å². The highest BCUT2D eigenvalue weighted by Gasteiger charge is 2.47. The summed E-state index contributed by atoms with van der Waals surface area (Å²) in [4.78, 5) is 24.4. The van der Waals surface area contributed by atoms with Crippen LogP contribution in [-0.2, 0) is 35.2 Å². The molecule has 0 aliphatic carbocycles. The third kappa shape index (κ3) is 17.7. The molecule has 0 radical (unpaired) electrons. The van der Waals surface area contributed by atoms with Gasteiger partial charge in [0.15, 0.2) is 0 Å². The highest BCUT2D eigenvalue weighted by Crippen LogP contribution is 2.32. The number of hydrogen-bond acceptors (Lipinski definition) is 7. The number of hydrogen-bond donors (Lipinski definition) is 0. The maximum atomic E-state index is 13.0. The number of carbonyl (C=O) groups excluding carboxylic acids is 1. The highest BCUT2D eigenvalue weighted by atomic mass is 32.2. The average Bonchev–Trinajstić information content (AvgIpc) is 3.00. The van der Waals surface area contributed by atoms with Crippen LogP contribution in [0.25, 0.3) is 0 Å². The molecule has 1 aromatic carbocycles. The lowest BCUT2D eigenvalue weighted by molar-refractivity contribution is -0.403. The summed E-state index contributed by atoms with van der Waals surface area (Å²) in [7, 11) is -0.657. The van der Waals surface area contributed by atoms with Gasteiger partial charge in [-0.3, -0.25) is 4.57 Å². The van der Waals surface area contributed by atoms with E-state index in [9.17, 15) is 9.36 Å². The molecule has 0 aliphatic heterocycles. The molecular formula is C33H57O6PS. The number of esters is 1. The Morgan fingerprint density at radius 3 is 2.00 bits per heavy atom. The Bertz CT molecular complexity index is 767. The van der Waals surface area contributed by atoms with Crippen molar-refractivity contribution in [2.24, 2.45) is 0 Å². The number of unbranched alkanes of at least 4 members (excludes halogenated alkanes) is 12. The van der Waals surface area contributed by atoms with Gasteiger partial charge in [-0.2, -0.15) is 16.6 Å². The zero-order valence-corrected chi connectivity index (χ0v) is 28.0. The van der Waals surface area contributed by atoms with Gasteiger partial charge in [0.2, 0.25) is 8.46 Å². The van der Waals surface area contributed by atoms with Crippen LogP contribution < -0.4 is 0 Å². The number of rotatable bonds is 28. The maximum absolute atomic E-state index is 13.0. The number of benzene rings is 1. The average molecular weight is 613 g/mol. The second kappa shape index (κ2) is 25.5. The predicted octanol–water partition coefficient (Wildman–Crippen LogP) is 10.4. The van der Waals surface area contributed by atoms with Gasteiger partial charge in [-0.25, -0.2) is 9.68 Å². The Kier molecular flexibility index (Phi) is 23.7. The molecule has 0 N–H and O–H groups in total. The molecular weight excluding hydrogens is 555 g/mol. The predicted molar refractivity (Wildman–Crippen MR) is 171 cm³/mol. The third-order valence-corrected chi connectivity index (χ3v) is 9.30. The Labute approximate surface area is 256 Å². The van der Waals surface area contributed by atoms with E-state index in [-0.39, 0.29) is 24.6 Å². The summed E-state index contributed by atoms with van der Waals surface area (Å²) >= 11 is 1.92. The molecule has 0 bridgehead atoms. The SMILES string of the molecule is CCCCCCCCCCCSC(CCCCCCC)C(C)OOC(OCCC)(P=O)C(=O)OCc1ccccc1. The molecule has 0 saturated heterocycles. The Hall–Kier alpha value is -0.980. The van der Waals surface area contributed by atoms with Crippen molar-refractivity contribution in [3.8, 4) is 0 Å². The topological polar surface area (TPSA) is 71.1 Å². The van der Waals surface area contributed by atoms with E-state index in [1.165, 1.54) is 83.5 Å². The van der Waals surface area contributed by atoms with Crippen LogP contribution in [0.5, 0.6) is 0 Å². The smallest absolute Gasteiger partial charge is 0.383 e. The first-order chi connectivity index (χ1) is 20.0. The minimum Gasteiger partial charge on any atom is -0.456 e. The van der Waals surface area contributed by atoms with Gasteiger partial charge in [0.25, 0.3) is 0 Å². The molecule has 3 atom stereocenters.